The minimum atomic E-state index is -0.539. The predicted octanol–water partition coefficient (Wildman–Crippen LogP) is 3.07. The second-order valence-electron chi connectivity index (χ2n) is 4.96. The van der Waals surface area contributed by atoms with Crippen LogP contribution in [0.1, 0.15) is 28.7 Å². The number of carbonyl (C=O) groups is 2. The molecule has 1 aromatic carbocycles. The van der Waals surface area contributed by atoms with Crippen LogP contribution >= 0.6 is 22.9 Å². The fourth-order valence-electron chi connectivity index (χ4n) is 2.15. The molecule has 0 radical (unpaired) electrons. The third-order valence-electron chi connectivity index (χ3n) is 3.22. The van der Waals surface area contributed by atoms with Crippen molar-refractivity contribution in [3.63, 3.8) is 0 Å². The number of benzene rings is 1. The van der Waals surface area contributed by atoms with E-state index in [0.717, 1.165) is 5.01 Å². The van der Waals surface area contributed by atoms with Gasteiger partial charge in [0.15, 0.2) is 0 Å². The molecule has 2 aromatic rings. The number of aromatic nitrogens is 1. The molecule has 122 valence electrons. The summed E-state index contributed by atoms with van der Waals surface area (Å²) in [5.41, 5.74) is 1.39. The summed E-state index contributed by atoms with van der Waals surface area (Å²) >= 11 is 7.67. The van der Waals surface area contributed by atoms with Gasteiger partial charge in [0.1, 0.15) is 0 Å². The van der Waals surface area contributed by atoms with E-state index in [0.29, 0.717) is 16.3 Å². The zero-order valence-electron chi connectivity index (χ0n) is 12.8. The van der Waals surface area contributed by atoms with Gasteiger partial charge in [0, 0.05) is 10.4 Å². The first-order valence-electron chi connectivity index (χ1n) is 7.01. The molecule has 0 saturated heterocycles. The van der Waals surface area contributed by atoms with Crippen molar-refractivity contribution in [1.29, 1.82) is 0 Å². The zero-order chi connectivity index (χ0) is 16.8. The summed E-state index contributed by atoms with van der Waals surface area (Å²) < 4.78 is 4.70. The number of hydrogen-bond acceptors (Lipinski definition) is 5. The van der Waals surface area contributed by atoms with Crippen LogP contribution in [0.3, 0.4) is 0 Å². The van der Waals surface area contributed by atoms with Crippen LogP contribution in [0.2, 0.25) is 5.02 Å². The second-order valence-corrected chi connectivity index (χ2v) is 6.43. The molecule has 1 unspecified atom stereocenters. The largest absolute Gasteiger partial charge is 0.469 e. The molecule has 0 aliphatic rings. The van der Waals surface area contributed by atoms with Gasteiger partial charge in [-0.2, -0.15) is 0 Å². The SMILES string of the molecule is COC(=O)CC(NC(=O)Cc1csc(C)n1)c1ccccc1Cl. The van der Waals surface area contributed by atoms with Crippen LogP contribution in [0.5, 0.6) is 0 Å². The van der Waals surface area contributed by atoms with Crippen LogP contribution in [-0.2, 0) is 20.7 Å². The van der Waals surface area contributed by atoms with E-state index in [4.69, 9.17) is 16.3 Å². The fourth-order valence-corrected chi connectivity index (χ4v) is 3.03. The molecule has 0 aliphatic heterocycles. The number of amides is 1. The number of hydrogen-bond donors (Lipinski definition) is 1. The number of carbonyl (C=O) groups excluding carboxylic acids is 2. The van der Waals surface area contributed by atoms with Crippen molar-refractivity contribution in [3.8, 4) is 0 Å². The monoisotopic (exact) mass is 352 g/mol. The number of esters is 1. The van der Waals surface area contributed by atoms with Crippen LogP contribution in [0.15, 0.2) is 29.6 Å². The van der Waals surface area contributed by atoms with Gasteiger partial charge >= 0.3 is 5.97 Å². The Morgan fingerprint density at radius 3 is 2.74 bits per heavy atom. The highest BCUT2D eigenvalue weighted by atomic mass is 35.5. The minimum absolute atomic E-state index is 0.0159. The average Bonchev–Trinajstić information content (AvgIpc) is 2.91. The van der Waals surface area contributed by atoms with Crippen molar-refractivity contribution in [2.24, 2.45) is 0 Å². The number of nitrogens with one attached hydrogen (secondary N) is 1. The molecule has 1 amide bonds. The van der Waals surface area contributed by atoms with Gasteiger partial charge in [-0.1, -0.05) is 29.8 Å². The van der Waals surface area contributed by atoms with Crippen LogP contribution in [0, 0.1) is 6.92 Å². The Morgan fingerprint density at radius 1 is 1.39 bits per heavy atom. The Labute approximate surface area is 143 Å². The number of ether oxygens (including phenoxy) is 1. The number of nitrogens with zero attached hydrogens (tertiary/aromatic N) is 1. The van der Waals surface area contributed by atoms with E-state index in [1.165, 1.54) is 18.4 Å². The lowest BCUT2D eigenvalue weighted by molar-refractivity contribution is -0.141. The predicted molar refractivity (Wildman–Crippen MR) is 89.5 cm³/mol. The summed E-state index contributed by atoms with van der Waals surface area (Å²) in [6.07, 6.45) is 0.175. The normalized spacial score (nSPS) is 11.8. The second kappa shape index (κ2) is 8.08. The standard InChI is InChI=1S/C16H17ClN2O3S/c1-10-18-11(9-23-10)7-15(20)19-14(8-16(21)22-2)12-5-3-4-6-13(12)17/h3-6,9,14H,7-8H2,1-2H3,(H,19,20). The van der Waals surface area contributed by atoms with Crippen molar-refractivity contribution in [2.45, 2.75) is 25.8 Å². The van der Waals surface area contributed by atoms with E-state index in [1.807, 2.05) is 12.3 Å². The van der Waals surface area contributed by atoms with Gasteiger partial charge in [0.25, 0.3) is 0 Å². The molecule has 0 bridgehead atoms. The van der Waals surface area contributed by atoms with E-state index in [9.17, 15) is 9.59 Å². The lowest BCUT2D eigenvalue weighted by atomic mass is 10.0. The summed E-state index contributed by atoms with van der Waals surface area (Å²) in [6, 6.07) is 6.56. The Kier molecular flexibility index (Phi) is 6.12. The highest BCUT2D eigenvalue weighted by molar-refractivity contribution is 7.09. The van der Waals surface area contributed by atoms with Gasteiger partial charge in [-0.05, 0) is 18.6 Å². The molecule has 0 aliphatic carbocycles. The van der Waals surface area contributed by atoms with Crippen molar-refractivity contribution < 1.29 is 14.3 Å². The van der Waals surface area contributed by atoms with Gasteiger partial charge in [0.05, 0.1) is 36.7 Å². The maximum absolute atomic E-state index is 12.2. The topological polar surface area (TPSA) is 68.3 Å². The molecule has 23 heavy (non-hydrogen) atoms. The first-order valence-corrected chi connectivity index (χ1v) is 8.27. The van der Waals surface area contributed by atoms with E-state index >= 15 is 0 Å². The number of thiazole rings is 1. The molecular weight excluding hydrogens is 336 g/mol. The highest BCUT2D eigenvalue weighted by Gasteiger charge is 2.21. The van der Waals surface area contributed by atoms with E-state index in [-0.39, 0.29) is 18.7 Å². The summed E-state index contributed by atoms with van der Waals surface area (Å²) in [7, 11) is 1.31. The van der Waals surface area contributed by atoms with Gasteiger partial charge in [-0.15, -0.1) is 11.3 Å². The molecule has 0 spiro atoms. The number of halogens is 1. The molecule has 7 heteroatoms. The third-order valence-corrected chi connectivity index (χ3v) is 4.39. The summed E-state index contributed by atoms with van der Waals surface area (Å²) in [6.45, 7) is 1.88. The first kappa shape index (κ1) is 17.4. The quantitative estimate of drug-likeness (QED) is 0.811. The molecule has 1 heterocycles. The van der Waals surface area contributed by atoms with E-state index < -0.39 is 12.0 Å². The van der Waals surface area contributed by atoms with Crippen LogP contribution in [0.25, 0.3) is 0 Å². The minimum Gasteiger partial charge on any atom is -0.469 e. The van der Waals surface area contributed by atoms with Crippen molar-refractivity contribution in [1.82, 2.24) is 10.3 Å². The molecule has 5 nitrogen and oxygen atoms in total. The Hall–Kier alpha value is -1.92. The molecule has 1 N–H and O–H groups in total. The molecule has 1 atom stereocenters. The van der Waals surface area contributed by atoms with Crippen LogP contribution in [-0.4, -0.2) is 24.0 Å². The fraction of sp³-hybridized carbons (Fsp3) is 0.312. The van der Waals surface area contributed by atoms with Gasteiger partial charge in [0.2, 0.25) is 5.91 Å². The van der Waals surface area contributed by atoms with E-state index in [1.54, 1.807) is 24.3 Å². The zero-order valence-corrected chi connectivity index (χ0v) is 14.4. The van der Waals surface area contributed by atoms with Gasteiger partial charge < -0.3 is 10.1 Å². The van der Waals surface area contributed by atoms with Crippen molar-refractivity contribution >= 4 is 34.8 Å². The highest BCUT2D eigenvalue weighted by Crippen LogP contribution is 2.25. The van der Waals surface area contributed by atoms with Crippen molar-refractivity contribution in [3.05, 3.63) is 50.9 Å². The maximum Gasteiger partial charge on any atom is 0.307 e. The Balaban J connectivity index is 2.12. The van der Waals surface area contributed by atoms with Crippen LogP contribution in [0.4, 0.5) is 0 Å². The molecular formula is C16H17ClN2O3S. The molecule has 1 aromatic heterocycles. The maximum atomic E-state index is 12.2. The molecule has 2 rings (SSSR count). The first-order chi connectivity index (χ1) is 11.0. The summed E-state index contributed by atoms with van der Waals surface area (Å²) in [5.74, 6) is -0.635. The Morgan fingerprint density at radius 2 is 2.13 bits per heavy atom. The lowest BCUT2D eigenvalue weighted by Gasteiger charge is -2.19. The Bertz CT molecular complexity index is 702. The number of aryl methyl sites for hydroxylation is 1. The summed E-state index contributed by atoms with van der Waals surface area (Å²) in [5, 5.41) is 6.08. The summed E-state index contributed by atoms with van der Waals surface area (Å²) in [4.78, 5) is 28.1. The average molecular weight is 353 g/mol. The lowest BCUT2D eigenvalue weighted by Crippen LogP contribution is -2.31. The molecule has 0 fully saturated rings. The smallest absolute Gasteiger partial charge is 0.307 e. The number of methoxy groups -OCH3 is 1. The van der Waals surface area contributed by atoms with E-state index in [2.05, 4.69) is 10.3 Å². The third kappa shape index (κ3) is 5.04. The van der Waals surface area contributed by atoms with Crippen molar-refractivity contribution in [2.75, 3.05) is 7.11 Å². The van der Waals surface area contributed by atoms with Gasteiger partial charge in [-0.3, -0.25) is 9.59 Å². The van der Waals surface area contributed by atoms with Gasteiger partial charge in [-0.25, -0.2) is 4.98 Å². The number of rotatable bonds is 6. The van der Waals surface area contributed by atoms with Crippen LogP contribution < -0.4 is 5.32 Å². The molecule has 0 saturated carbocycles.